The number of hydrogen-bond donors (Lipinski definition) is 0. The van der Waals surface area contributed by atoms with E-state index in [1.165, 1.54) is 12.8 Å². The Labute approximate surface area is 69.2 Å². The Balaban J connectivity index is 2.20. The lowest BCUT2D eigenvalue weighted by Gasteiger charge is -2.09. The van der Waals surface area contributed by atoms with Gasteiger partial charge in [-0.05, 0) is 18.8 Å². The lowest BCUT2D eigenvalue weighted by Crippen LogP contribution is -2.08. The molecule has 1 fully saturated rings. The molecule has 0 saturated heterocycles. The summed E-state index contributed by atoms with van der Waals surface area (Å²) in [4.78, 5) is 11.3. The minimum absolute atomic E-state index is 0.468. The van der Waals surface area contributed by atoms with Crippen molar-refractivity contribution in [1.29, 1.82) is 0 Å². The predicted molar refractivity (Wildman–Crippen MR) is 46.4 cm³/mol. The van der Waals surface area contributed by atoms with E-state index in [9.17, 15) is 4.79 Å². The van der Waals surface area contributed by atoms with Crippen LogP contribution in [-0.2, 0) is 4.79 Å². The fourth-order valence-corrected chi connectivity index (χ4v) is 1.43. The van der Waals surface area contributed by atoms with Crippen molar-refractivity contribution in [3.05, 3.63) is 0 Å². The number of ketones is 1. The highest BCUT2D eigenvalue weighted by atomic mass is 16.1. The van der Waals surface area contributed by atoms with Gasteiger partial charge in [0.2, 0.25) is 0 Å². The van der Waals surface area contributed by atoms with Gasteiger partial charge >= 0.3 is 0 Å². The Morgan fingerprint density at radius 2 is 1.91 bits per heavy atom. The molecule has 11 heavy (non-hydrogen) atoms. The van der Waals surface area contributed by atoms with Crippen LogP contribution in [0.4, 0.5) is 0 Å². The molecular weight excluding hydrogens is 136 g/mol. The van der Waals surface area contributed by atoms with Crippen LogP contribution in [0.5, 0.6) is 0 Å². The molecule has 0 amide bonds. The summed E-state index contributed by atoms with van der Waals surface area (Å²) >= 11 is 0. The summed E-state index contributed by atoms with van der Waals surface area (Å²) in [6.45, 7) is 4.35. The summed E-state index contributed by atoms with van der Waals surface area (Å²) in [5.74, 6) is 1.65. The molecule has 1 aliphatic rings. The van der Waals surface area contributed by atoms with Crippen LogP contribution in [0.1, 0.15) is 46.0 Å². The van der Waals surface area contributed by atoms with Gasteiger partial charge in [-0.2, -0.15) is 0 Å². The highest BCUT2D eigenvalue weighted by Gasteiger charge is 2.29. The summed E-state index contributed by atoms with van der Waals surface area (Å²) in [6.07, 6.45) is 5.50. The second-order valence-electron chi connectivity index (χ2n) is 3.63. The third kappa shape index (κ3) is 2.64. The zero-order valence-electron chi connectivity index (χ0n) is 7.60. The van der Waals surface area contributed by atoms with Gasteiger partial charge in [0.05, 0.1) is 0 Å². The number of hydrogen-bond acceptors (Lipinski definition) is 1. The van der Waals surface area contributed by atoms with Gasteiger partial charge in [0.25, 0.3) is 0 Å². The summed E-state index contributed by atoms with van der Waals surface area (Å²) in [7, 11) is 0. The van der Waals surface area contributed by atoms with Gasteiger partial charge in [-0.25, -0.2) is 0 Å². The molecule has 0 radical (unpaired) electrons. The smallest absolute Gasteiger partial charge is 0.136 e. The van der Waals surface area contributed by atoms with Gasteiger partial charge < -0.3 is 0 Å². The molecule has 1 saturated carbocycles. The van der Waals surface area contributed by atoms with Crippen LogP contribution < -0.4 is 0 Å². The third-order valence-corrected chi connectivity index (χ3v) is 2.68. The molecule has 0 heterocycles. The van der Waals surface area contributed by atoms with Crippen LogP contribution >= 0.6 is 0 Å². The van der Waals surface area contributed by atoms with Crippen LogP contribution in [0.25, 0.3) is 0 Å². The van der Waals surface area contributed by atoms with Gasteiger partial charge in [-0.1, -0.05) is 26.7 Å². The first kappa shape index (κ1) is 8.76. The maximum atomic E-state index is 11.3. The molecule has 0 atom stereocenters. The van der Waals surface area contributed by atoms with Crippen molar-refractivity contribution >= 4 is 5.78 Å². The molecule has 1 heteroatoms. The molecule has 1 rings (SSSR count). The topological polar surface area (TPSA) is 17.1 Å². The summed E-state index contributed by atoms with van der Waals surface area (Å²) in [5.41, 5.74) is 0. The van der Waals surface area contributed by atoms with Crippen LogP contribution in [0.3, 0.4) is 0 Å². The quantitative estimate of drug-likeness (QED) is 0.595. The Morgan fingerprint density at radius 1 is 1.36 bits per heavy atom. The van der Waals surface area contributed by atoms with Gasteiger partial charge in [0.15, 0.2) is 0 Å². The summed E-state index contributed by atoms with van der Waals surface area (Å²) in [6, 6.07) is 0. The Bertz CT molecular complexity index is 132. The molecule has 64 valence electrons. The van der Waals surface area contributed by atoms with E-state index >= 15 is 0 Å². The van der Waals surface area contributed by atoms with E-state index in [4.69, 9.17) is 0 Å². The fourth-order valence-electron chi connectivity index (χ4n) is 1.43. The van der Waals surface area contributed by atoms with Gasteiger partial charge in [-0.15, -0.1) is 0 Å². The van der Waals surface area contributed by atoms with Gasteiger partial charge in [0, 0.05) is 12.3 Å². The number of carbonyl (C=O) groups excluding carboxylic acids is 1. The molecule has 0 aromatic carbocycles. The monoisotopic (exact) mass is 154 g/mol. The SMILES string of the molecule is CCC(CC)CC(=O)C1CC1. The Morgan fingerprint density at radius 3 is 2.27 bits per heavy atom. The van der Waals surface area contributed by atoms with Gasteiger partial charge in [-0.3, -0.25) is 4.79 Å². The molecule has 0 aliphatic heterocycles. The van der Waals surface area contributed by atoms with Crippen molar-refractivity contribution in [3.63, 3.8) is 0 Å². The third-order valence-electron chi connectivity index (χ3n) is 2.68. The van der Waals surface area contributed by atoms with Crippen molar-refractivity contribution in [2.45, 2.75) is 46.0 Å². The largest absolute Gasteiger partial charge is 0.299 e. The number of carbonyl (C=O) groups is 1. The minimum atomic E-state index is 0.468. The van der Waals surface area contributed by atoms with E-state index in [0.717, 1.165) is 19.3 Å². The maximum Gasteiger partial charge on any atom is 0.136 e. The zero-order chi connectivity index (χ0) is 8.27. The highest BCUT2D eigenvalue weighted by Crippen LogP contribution is 2.32. The van der Waals surface area contributed by atoms with E-state index in [1.54, 1.807) is 0 Å². The van der Waals surface area contributed by atoms with Crippen molar-refractivity contribution < 1.29 is 4.79 Å². The standard InChI is InChI=1S/C10H18O/c1-3-8(4-2)7-10(11)9-5-6-9/h8-9H,3-7H2,1-2H3. The first-order valence-corrected chi connectivity index (χ1v) is 4.80. The maximum absolute atomic E-state index is 11.3. The van der Waals surface area contributed by atoms with Crippen LogP contribution in [0, 0.1) is 11.8 Å². The average Bonchev–Trinajstić information content (AvgIpc) is 2.81. The van der Waals surface area contributed by atoms with E-state index < -0.39 is 0 Å². The summed E-state index contributed by atoms with van der Waals surface area (Å²) < 4.78 is 0. The lowest BCUT2D eigenvalue weighted by atomic mass is 9.95. The minimum Gasteiger partial charge on any atom is -0.299 e. The first-order valence-electron chi connectivity index (χ1n) is 4.80. The second-order valence-corrected chi connectivity index (χ2v) is 3.63. The van der Waals surface area contributed by atoms with Crippen LogP contribution in [0.15, 0.2) is 0 Å². The van der Waals surface area contributed by atoms with Crippen molar-refractivity contribution in [2.24, 2.45) is 11.8 Å². The molecule has 0 aromatic rings. The van der Waals surface area contributed by atoms with E-state index in [1.807, 2.05) is 0 Å². The van der Waals surface area contributed by atoms with Crippen LogP contribution in [-0.4, -0.2) is 5.78 Å². The zero-order valence-corrected chi connectivity index (χ0v) is 7.60. The van der Waals surface area contributed by atoms with Crippen LogP contribution in [0.2, 0.25) is 0 Å². The molecule has 0 unspecified atom stereocenters. The van der Waals surface area contributed by atoms with Crippen molar-refractivity contribution in [2.75, 3.05) is 0 Å². The molecule has 0 bridgehead atoms. The average molecular weight is 154 g/mol. The lowest BCUT2D eigenvalue weighted by molar-refractivity contribution is -0.121. The molecule has 0 N–H and O–H groups in total. The Hall–Kier alpha value is -0.330. The second kappa shape index (κ2) is 3.89. The highest BCUT2D eigenvalue weighted by molar-refractivity contribution is 5.83. The van der Waals surface area contributed by atoms with E-state index in [0.29, 0.717) is 17.6 Å². The molecule has 1 aliphatic carbocycles. The normalized spacial score (nSPS) is 17.4. The molecular formula is C10H18O. The molecule has 1 nitrogen and oxygen atoms in total. The van der Waals surface area contributed by atoms with Crippen molar-refractivity contribution in [1.82, 2.24) is 0 Å². The fraction of sp³-hybridized carbons (Fsp3) is 0.900. The Kier molecular flexibility index (Phi) is 3.10. The molecule has 0 aromatic heterocycles. The van der Waals surface area contributed by atoms with E-state index in [2.05, 4.69) is 13.8 Å². The predicted octanol–water partition coefficient (Wildman–Crippen LogP) is 2.79. The van der Waals surface area contributed by atoms with Gasteiger partial charge in [0.1, 0.15) is 5.78 Å². The summed E-state index contributed by atoms with van der Waals surface area (Å²) in [5, 5.41) is 0. The molecule has 0 spiro atoms. The number of Topliss-reactive ketones (excluding diaryl/α,β-unsaturated/α-hetero) is 1. The van der Waals surface area contributed by atoms with E-state index in [-0.39, 0.29) is 0 Å². The number of rotatable bonds is 5. The van der Waals surface area contributed by atoms with Crippen molar-refractivity contribution in [3.8, 4) is 0 Å². The first-order chi connectivity index (χ1) is 5.27.